The van der Waals surface area contributed by atoms with Gasteiger partial charge in [0.2, 0.25) is 0 Å². The molecule has 0 spiro atoms. The second kappa shape index (κ2) is 7.37. The number of rotatable bonds is 4. The minimum atomic E-state index is -0.289. The number of carbonyl (C=O) groups is 1. The van der Waals surface area contributed by atoms with Crippen LogP contribution in [0.2, 0.25) is 0 Å². The number of amides is 1. The van der Waals surface area contributed by atoms with Crippen LogP contribution in [0.25, 0.3) is 10.9 Å². The molecule has 2 aromatic carbocycles. The zero-order chi connectivity index (χ0) is 21.5. The zero-order valence-corrected chi connectivity index (χ0v) is 17.3. The largest absolute Gasteiger partial charge is 0.321 e. The van der Waals surface area contributed by atoms with Crippen molar-refractivity contribution in [3.8, 4) is 6.07 Å². The first-order chi connectivity index (χ1) is 15.1. The lowest BCUT2D eigenvalue weighted by Crippen LogP contribution is -2.16. The molecule has 1 saturated carbocycles. The third-order valence-electron chi connectivity index (χ3n) is 6.21. The molecule has 2 unspecified atom stereocenters. The molecule has 1 amide bonds. The van der Waals surface area contributed by atoms with Crippen molar-refractivity contribution in [3.05, 3.63) is 88.4 Å². The average Bonchev–Trinajstić information content (AvgIpc) is 3.48. The Hall–Kier alpha value is -3.98. The van der Waals surface area contributed by atoms with Crippen LogP contribution in [0.15, 0.2) is 54.7 Å². The number of aromatic amines is 1. The van der Waals surface area contributed by atoms with Gasteiger partial charge in [0.05, 0.1) is 11.1 Å². The van der Waals surface area contributed by atoms with Crippen molar-refractivity contribution in [1.29, 1.82) is 5.26 Å². The molecule has 31 heavy (non-hydrogen) atoms. The SMILES string of the molecule is Cc1c(C#N)cnc(C(=O)Nc2ccc3n[nH]c(C4CC4c4ccccc4)c3c2)c1C. The first-order valence-electron chi connectivity index (χ1n) is 10.3. The Labute approximate surface area is 179 Å². The average molecular weight is 407 g/mol. The number of hydrogen-bond acceptors (Lipinski definition) is 4. The van der Waals surface area contributed by atoms with Gasteiger partial charge in [-0.05, 0) is 61.1 Å². The summed E-state index contributed by atoms with van der Waals surface area (Å²) in [5, 5.41) is 20.8. The molecule has 1 aliphatic carbocycles. The standard InChI is InChI=1S/C25H21N5O/c1-14-15(2)23(27-13-17(14)12-26)25(31)28-18-8-9-22-21(10-18)24(30-29-22)20-11-19(20)16-6-4-3-5-7-16/h3-10,13,19-20H,11H2,1-2H3,(H,28,31)(H,29,30). The second-order valence-corrected chi connectivity index (χ2v) is 8.06. The second-order valence-electron chi connectivity index (χ2n) is 8.06. The topological polar surface area (TPSA) is 94.5 Å². The number of anilines is 1. The van der Waals surface area contributed by atoms with E-state index in [1.54, 1.807) is 0 Å². The molecule has 0 radical (unpaired) electrons. The molecular formula is C25H21N5O. The van der Waals surface area contributed by atoms with Crippen LogP contribution in [0.1, 0.15) is 56.7 Å². The maximum absolute atomic E-state index is 12.8. The van der Waals surface area contributed by atoms with Gasteiger partial charge in [-0.2, -0.15) is 10.4 Å². The van der Waals surface area contributed by atoms with Crippen molar-refractivity contribution >= 4 is 22.5 Å². The summed E-state index contributed by atoms with van der Waals surface area (Å²) < 4.78 is 0. The number of aromatic nitrogens is 3. The summed E-state index contributed by atoms with van der Waals surface area (Å²) >= 11 is 0. The van der Waals surface area contributed by atoms with Gasteiger partial charge in [-0.25, -0.2) is 4.98 Å². The lowest BCUT2D eigenvalue weighted by Gasteiger charge is -2.10. The summed E-state index contributed by atoms with van der Waals surface area (Å²) in [6, 6.07) is 18.4. The van der Waals surface area contributed by atoms with Crippen LogP contribution in [0.4, 0.5) is 5.69 Å². The number of pyridine rings is 1. The Bertz CT molecular complexity index is 1350. The Morgan fingerprint density at radius 2 is 1.94 bits per heavy atom. The molecular weight excluding hydrogens is 386 g/mol. The summed E-state index contributed by atoms with van der Waals surface area (Å²) in [4.78, 5) is 17.1. The van der Waals surface area contributed by atoms with E-state index in [9.17, 15) is 4.79 Å². The van der Waals surface area contributed by atoms with Crippen molar-refractivity contribution in [3.63, 3.8) is 0 Å². The zero-order valence-electron chi connectivity index (χ0n) is 17.3. The van der Waals surface area contributed by atoms with E-state index < -0.39 is 0 Å². The van der Waals surface area contributed by atoms with Crippen LogP contribution in [0.5, 0.6) is 0 Å². The maximum Gasteiger partial charge on any atom is 0.274 e. The molecule has 1 aliphatic rings. The van der Waals surface area contributed by atoms with Crippen molar-refractivity contribution in [2.45, 2.75) is 32.1 Å². The molecule has 0 bridgehead atoms. The van der Waals surface area contributed by atoms with E-state index in [0.29, 0.717) is 34.3 Å². The Balaban J connectivity index is 1.41. The minimum absolute atomic E-state index is 0.289. The van der Waals surface area contributed by atoms with Gasteiger partial charge in [-0.1, -0.05) is 30.3 Å². The Morgan fingerprint density at radius 1 is 1.13 bits per heavy atom. The fourth-order valence-electron chi connectivity index (χ4n) is 4.21. The molecule has 0 aliphatic heterocycles. The van der Waals surface area contributed by atoms with Gasteiger partial charge in [0.15, 0.2) is 0 Å². The highest BCUT2D eigenvalue weighted by atomic mass is 16.1. The molecule has 152 valence electrons. The van der Waals surface area contributed by atoms with Crippen LogP contribution >= 0.6 is 0 Å². The van der Waals surface area contributed by atoms with Gasteiger partial charge in [0.25, 0.3) is 5.91 Å². The summed E-state index contributed by atoms with van der Waals surface area (Å²) in [6.45, 7) is 3.64. The quantitative estimate of drug-likeness (QED) is 0.499. The smallest absolute Gasteiger partial charge is 0.274 e. The fraction of sp³-hybridized carbons (Fsp3) is 0.200. The molecule has 2 N–H and O–H groups in total. The van der Waals surface area contributed by atoms with Crippen molar-refractivity contribution in [2.75, 3.05) is 5.32 Å². The number of nitrogens with one attached hydrogen (secondary N) is 2. The van der Waals surface area contributed by atoms with Crippen LogP contribution in [-0.4, -0.2) is 21.1 Å². The molecule has 4 aromatic rings. The van der Waals surface area contributed by atoms with Gasteiger partial charge in [0.1, 0.15) is 11.8 Å². The number of H-pyrrole nitrogens is 1. The molecule has 2 atom stereocenters. The predicted molar refractivity (Wildman–Crippen MR) is 119 cm³/mol. The summed E-state index contributed by atoms with van der Waals surface area (Å²) in [7, 11) is 0. The molecule has 2 heterocycles. The highest BCUT2D eigenvalue weighted by molar-refractivity contribution is 6.05. The third-order valence-corrected chi connectivity index (χ3v) is 6.21. The fourth-order valence-corrected chi connectivity index (χ4v) is 4.21. The Morgan fingerprint density at radius 3 is 2.71 bits per heavy atom. The predicted octanol–water partition coefficient (Wildman–Crippen LogP) is 4.97. The van der Waals surface area contributed by atoms with Gasteiger partial charge in [-0.3, -0.25) is 9.89 Å². The van der Waals surface area contributed by atoms with Gasteiger partial charge in [0, 0.05) is 28.9 Å². The van der Waals surface area contributed by atoms with Gasteiger partial charge in [-0.15, -0.1) is 0 Å². The number of carbonyl (C=O) groups excluding carboxylic acids is 1. The number of nitrogens with zero attached hydrogens (tertiary/aromatic N) is 3. The number of hydrogen-bond donors (Lipinski definition) is 2. The van der Waals surface area contributed by atoms with Crippen molar-refractivity contribution < 1.29 is 4.79 Å². The molecule has 2 aromatic heterocycles. The van der Waals surface area contributed by atoms with Crippen molar-refractivity contribution in [2.24, 2.45) is 0 Å². The van der Waals surface area contributed by atoms with Crippen LogP contribution in [-0.2, 0) is 0 Å². The summed E-state index contributed by atoms with van der Waals surface area (Å²) in [5.41, 5.74) is 6.34. The first-order valence-corrected chi connectivity index (χ1v) is 10.3. The van der Waals surface area contributed by atoms with Crippen molar-refractivity contribution in [1.82, 2.24) is 15.2 Å². The highest BCUT2D eigenvalue weighted by Gasteiger charge is 2.41. The minimum Gasteiger partial charge on any atom is -0.321 e. The molecule has 6 nitrogen and oxygen atoms in total. The van der Waals surface area contributed by atoms with E-state index >= 15 is 0 Å². The summed E-state index contributed by atoms with van der Waals surface area (Å²) in [5.74, 6) is 0.614. The van der Waals surface area contributed by atoms with Crippen LogP contribution in [0.3, 0.4) is 0 Å². The lowest BCUT2D eigenvalue weighted by molar-refractivity contribution is 0.102. The van der Waals surface area contributed by atoms with Gasteiger partial charge < -0.3 is 5.32 Å². The highest BCUT2D eigenvalue weighted by Crippen LogP contribution is 2.55. The molecule has 6 heteroatoms. The maximum atomic E-state index is 12.8. The van der Waals surface area contributed by atoms with E-state index in [4.69, 9.17) is 5.26 Å². The number of benzene rings is 2. The molecule has 0 saturated heterocycles. The lowest BCUT2D eigenvalue weighted by atomic mass is 10.0. The Kier molecular flexibility index (Phi) is 4.52. The monoisotopic (exact) mass is 407 g/mol. The van der Waals surface area contributed by atoms with Crippen LogP contribution < -0.4 is 5.32 Å². The van der Waals surface area contributed by atoms with E-state index in [1.807, 2.05) is 38.1 Å². The number of fused-ring (bicyclic) bond motifs is 1. The van der Waals surface area contributed by atoms with E-state index in [1.165, 1.54) is 11.8 Å². The van der Waals surface area contributed by atoms with Crippen LogP contribution in [0, 0.1) is 25.2 Å². The van der Waals surface area contributed by atoms with E-state index in [0.717, 1.165) is 28.6 Å². The normalized spacial score (nSPS) is 17.3. The van der Waals surface area contributed by atoms with Gasteiger partial charge >= 0.3 is 0 Å². The van der Waals surface area contributed by atoms with E-state index in [2.05, 4.69) is 50.8 Å². The summed E-state index contributed by atoms with van der Waals surface area (Å²) in [6.07, 6.45) is 2.54. The molecule has 1 fully saturated rings. The third kappa shape index (κ3) is 3.34. The molecule has 5 rings (SSSR count). The first kappa shape index (κ1) is 19.0. The number of nitriles is 1. The van der Waals surface area contributed by atoms with E-state index in [-0.39, 0.29) is 5.91 Å².